The number of fused-ring (bicyclic) bond motifs is 2. The molecule has 2 bridgehead atoms. The number of hydrogen-bond donors (Lipinski definition) is 1. The van der Waals surface area contributed by atoms with Crippen molar-refractivity contribution < 1.29 is 9.90 Å². The molecule has 2 aliphatic heterocycles. The zero-order valence-corrected chi connectivity index (χ0v) is 17.0. The molecule has 1 aromatic carbocycles. The van der Waals surface area contributed by atoms with E-state index in [9.17, 15) is 9.90 Å². The molecule has 29 heavy (non-hydrogen) atoms. The Labute approximate surface area is 171 Å². The molecule has 2 aromatic rings. The number of aromatic nitrogens is 1. The standard InChI is InChI=1S/C24H27N3O2/c1-14-9-19(14)22-11-20(15(2)27(22)17-5-3-16(12-25)4-6-17)24(29)13-26-18-7-8-21(26)23(28)10-18/h3-6,11,14,18-19,21,23,28H,7-10,13H2,1-2H3/t14-,18?,19-,21?,23+/m1/s1. The van der Waals surface area contributed by atoms with Crippen LogP contribution in [0.3, 0.4) is 0 Å². The molecule has 5 nitrogen and oxygen atoms in total. The number of aliphatic hydroxyl groups excluding tert-OH is 1. The molecule has 150 valence electrons. The summed E-state index contributed by atoms with van der Waals surface area (Å²) < 4.78 is 2.20. The lowest BCUT2D eigenvalue weighted by atomic mass is 9.98. The minimum atomic E-state index is -0.284. The average Bonchev–Trinajstić information content (AvgIpc) is 3.03. The van der Waals surface area contributed by atoms with Crippen LogP contribution in [0, 0.1) is 24.2 Å². The summed E-state index contributed by atoms with van der Waals surface area (Å²) in [4.78, 5) is 15.5. The number of carbonyl (C=O) groups is 1. The Balaban J connectivity index is 1.48. The molecule has 0 amide bonds. The average molecular weight is 389 g/mol. The molecule has 1 aliphatic carbocycles. The second-order valence-corrected chi connectivity index (χ2v) is 9.08. The van der Waals surface area contributed by atoms with Crippen LogP contribution in [0.25, 0.3) is 5.69 Å². The van der Waals surface area contributed by atoms with Crippen LogP contribution in [-0.4, -0.2) is 45.1 Å². The highest BCUT2D eigenvalue weighted by Gasteiger charge is 2.46. The summed E-state index contributed by atoms with van der Waals surface area (Å²) in [5, 5.41) is 19.3. The Morgan fingerprint density at radius 3 is 2.52 bits per heavy atom. The summed E-state index contributed by atoms with van der Waals surface area (Å²) in [6.07, 6.45) is 3.75. The fourth-order valence-electron chi connectivity index (χ4n) is 5.51. The second-order valence-electron chi connectivity index (χ2n) is 9.08. The Hall–Kier alpha value is -2.42. The lowest BCUT2D eigenvalue weighted by Gasteiger charge is -2.21. The SMILES string of the molecule is Cc1c(C(=O)CN2C3CCC2[C@@H](O)C3)cc([C@@H]2C[C@H]2C)n1-c1ccc(C#N)cc1. The molecular formula is C24H27N3O2. The largest absolute Gasteiger partial charge is 0.391 e. The molecule has 1 aromatic heterocycles. The molecule has 1 N–H and O–H groups in total. The molecule has 3 aliphatic rings. The summed E-state index contributed by atoms with van der Waals surface area (Å²) in [7, 11) is 0. The van der Waals surface area contributed by atoms with Crippen LogP contribution in [0.15, 0.2) is 30.3 Å². The van der Waals surface area contributed by atoms with Gasteiger partial charge in [-0.15, -0.1) is 0 Å². The number of ketones is 1. The molecule has 5 atom stereocenters. The molecule has 1 saturated carbocycles. The van der Waals surface area contributed by atoms with E-state index in [1.165, 1.54) is 5.69 Å². The fraction of sp³-hybridized carbons (Fsp3) is 0.500. The van der Waals surface area contributed by atoms with E-state index in [1.807, 2.05) is 31.2 Å². The van der Waals surface area contributed by atoms with Gasteiger partial charge in [0.25, 0.3) is 0 Å². The zero-order chi connectivity index (χ0) is 20.3. The van der Waals surface area contributed by atoms with E-state index >= 15 is 0 Å². The predicted octanol–water partition coefficient (Wildman–Crippen LogP) is 3.56. The van der Waals surface area contributed by atoms with Crippen molar-refractivity contribution in [2.75, 3.05) is 6.54 Å². The highest BCUT2D eigenvalue weighted by atomic mass is 16.3. The first-order valence-electron chi connectivity index (χ1n) is 10.7. The third-order valence-electron chi connectivity index (χ3n) is 7.29. The van der Waals surface area contributed by atoms with Gasteiger partial charge in [-0.2, -0.15) is 5.26 Å². The Morgan fingerprint density at radius 1 is 1.24 bits per heavy atom. The quantitative estimate of drug-likeness (QED) is 0.794. The molecule has 0 radical (unpaired) electrons. The van der Waals surface area contributed by atoms with E-state index < -0.39 is 0 Å². The maximum Gasteiger partial charge on any atom is 0.178 e. The van der Waals surface area contributed by atoms with Crippen LogP contribution in [0.5, 0.6) is 0 Å². The number of hydrogen-bond acceptors (Lipinski definition) is 4. The van der Waals surface area contributed by atoms with Crippen molar-refractivity contribution in [1.82, 2.24) is 9.47 Å². The lowest BCUT2D eigenvalue weighted by molar-refractivity contribution is 0.0873. The van der Waals surface area contributed by atoms with E-state index in [0.717, 1.165) is 42.6 Å². The Bertz CT molecular complexity index is 1000. The van der Waals surface area contributed by atoms with Gasteiger partial charge < -0.3 is 9.67 Å². The van der Waals surface area contributed by atoms with Crippen molar-refractivity contribution in [1.29, 1.82) is 5.26 Å². The minimum Gasteiger partial charge on any atom is -0.391 e. The van der Waals surface area contributed by atoms with Crippen LogP contribution in [0.2, 0.25) is 0 Å². The summed E-state index contributed by atoms with van der Waals surface area (Å²) >= 11 is 0. The van der Waals surface area contributed by atoms with Crippen LogP contribution in [0.4, 0.5) is 0 Å². The van der Waals surface area contributed by atoms with Gasteiger partial charge in [-0.3, -0.25) is 9.69 Å². The topological polar surface area (TPSA) is 69.3 Å². The van der Waals surface area contributed by atoms with Crippen molar-refractivity contribution in [3.63, 3.8) is 0 Å². The first-order valence-corrected chi connectivity index (χ1v) is 10.7. The maximum atomic E-state index is 13.3. The van der Waals surface area contributed by atoms with Gasteiger partial charge in [0.05, 0.1) is 24.3 Å². The van der Waals surface area contributed by atoms with Crippen molar-refractivity contribution in [3.05, 3.63) is 52.8 Å². The highest BCUT2D eigenvalue weighted by Crippen LogP contribution is 2.48. The van der Waals surface area contributed by atoms with E-state index in [-0.39, 0.29) is 17.9 Å². The van der Waals surface area contributed by atoms with Crippen LogP contribution >= 0.6 is 0 Å². The summed E-state index contributed by atoms with van der Waals surface area (Å²) in [5.41, 5.74) is 4.61. The van der Waals surface area contributed by atoms with Crippen LogP contribution < -0.4 is 0 Å². The molecule has 0 spiro atoms. The number of carbonyl (C=O) groups excluding carboxylic acids is 1. The van der Waals surface area contributed by atoms with Gasteiger partial charge in [-0.05, 0) is 68.9 Å². The van der Waals surface area contributed by atoms with Crippen molar-refractivity contribution >= 4 is 5.78 Å². The summed E-state index contributed by atoms with van der Waals surface area (Å²) in [6.45, 7) is 4.67. The summed E-state index contributed by atoms with van der Waals surface area (Å²) in [5.74, 6) is 1.26. The zero-order valence-electron chi connectivity index (χ0n) is 17.0. The number of Topliss-reactive ketones (excluding diaryl/α,β-unsaturated/α-hetero) is 1. The van der Waals surface area contributed by atoms with Gasteiger partial charge in [-0.25, -0.2) is 0 Å². The van der Waals surface area contributed by atoms with Gasteiger partial charge in [0.2, 0.25) is 0 Å². The van der Waals surface area contributed by atoms with E-state index in [1.54, 1.807) is 0 Å². The van der Waals surface area contributed by atoms with Gasteiger partial charge in [-0.1, -0.05) is 6.92 Å². The summed E-state index contributed by atoms with van der Waals surface area (Å²) in [6, 6.07) is 12.4. The predicted molar refractivity (Wildman–Crippen MR) is 110 cm³/mol. The van der Waals surface area contributed by atoms with Crippen molar-refractivity contribution in [2.45, 2.75) is 63.6 Å². The number of nitriles is 1. The number of nitrogens with zero attached hydrogens (tertiary/aromatic N) is 3. The van der Waals surface area contributed by atoms with Gasteiger partial charge in [0.15, 0.2) is 5.78 Å². The molecule has 5 rings (SSSR count). The third kappa shape index (κ3) is 3.02. The van der Waals surface area contributed by atoms with Crippen molar-refractivity contribution in [2.24, 2.45) is 5.92 Å². The van der Waals surface area contributed by atoms with E-state index in [2.05, 4.69) is 28.5 Å². The fourth-order valence-corrected chi connectivity index (χ4v) is 5.51. The molecule has 3 heterocycles. The second kappa shape index (κ2) is 6.83. The molecule has 2 saturated heterocycles. The third-order valence-corrected chi connectivity index (χ3v) is 7.29. The Kier molecular flexibility index (Phi) is 4.38. The normalized spacial score (nSPS) is 30.5. The molecule has 3 fully saturated rings. The molecular weight excluding hydrogens is 362 g/mol. The lowest BCUT2D eigenvalue weighted by Crippen LogP contribution is -2.36. The Morgan fingerprint density at radius 2 is 1.97 bits per heavy atom. The van der Waals surface area contributed by atoms with Crippen LogP contribution in [0.1, 0.15) is 65.8 Å². The number of aliphatic hydroxyl groups is 1. The van der Waals surface area contributed by atoms with E-state index in [4.69, 9.17) is 5.26 Å². The van der Waals surface area contributed by atoms with Crippen molar-refractivity contribution in [3.8, 4) is 11.8 Å². The van der Waals surface area contributed by atoms with Crippen LogP contribution in [-0.2, 0) is 0 Å². The van der Waals surface area contributed by atoms with Gasteiger partial charge in [0, 0.05) is 40.6 Å². The molecule has 2 unspecified atom stereocenters. The first kappa shape index (κ1) is 18.6. The van der Waals surface area contributed by atoms with E-state index in [0.29, 0.717) is 30.0 Å². The smallest absolute Gasteiger partial charge is 0.178 e. The monoisotopic (exact) mass is 389 g/mol. The minimum absolute atomic E-state index is 0.146. The first-order chi connectivity index (χ1) is 14.0. The number of rotatable bonds is 5. The maximum absolute atomic E-state index is 13.3. The van der Waals surface area contributed by atoms with Gasteiger partial charge >= 0.3 is 0 Å². The van der Waals surface area contributed by atoms with Gasteiger partial charge in [0.1, 0.15) is 0 Å². The highest BCUT2D eigenvalue weighted by molar-refractivity contribution is 5.99. The number of benzene rings is 1. The molecule has 5 heteroatoms.